The van der Waals surface area contributed by atoms with Gasteiger partial charge in [0.05, 0.1) is 0 Å². The summed E-state index contributed by atoms with van der Waals surface area (Å²) in [4.78, 5) is 32.8. The van der Waals surface area contributed by atoms with Crippen LogP contribution in [-0.4, -0.2) is 63.7 Å². The van der Waals surface area contributed by atoms with Gasteiger partial charge in [0, 0.05) is 20.1 Å². The monoisotopic (exact) mass is 302 g/mol. The van der Waals surface area contributed by atoms with Gasteiger partial charge in [0.2, 0.25) is 0 Å². The van der Waals surface area contributed by atoms with Crippen LogP contribution in [0.15, 0.2) is 4.99 Å². The fourth-order valence-corrected chi connectivity index (χ4v) is 3.07. The molecule has 7 heteroatoms. The number of fused-ring (bicyclic) bond motifs is 1. The Balaban J connectivity index is 2.40. The maximum absolute atomic E-state index is 12.2. The van der Waals surface area contributed by atoms with Crippen LogP contribution in [0.25, 0.3) is 0 Å². The summed E-state index contributed by atoms with van der Waals surface area (Å²) in [6.07, 6.45) is -0.428. The van der Waals surface area contributed by atoms with E-state index in [1.165, 1.54) is 11.9 Å². The van der Waals surface area contributed by atoms with Crippen molar-refractivity contribution in [3.05, 3.63) is 0 Å². The number of amidine groups is 1. The van der Waals surface area contributed by atoms with E-state index in [1.54, 1.807) is 7.05 Å². The molecule has 0 aliphatic carbocycles. The van der Waals surface area contributed by atoms with Gasteiger partial charge >= 0.3 is 6.03 Å². The summed E-state index contributed by atoms with van der Waals surface area (Å²) in [6.45, 7) is 3.98. The fourth-order valence-electron chi connectivity index (χ4n) is 2.23. The molecular formula is C10H15BrN4O2. The molecule has 17 heavy (non-hydrogen) atoms. The Kier molecular flexibility index (Phi) is 2.89. The second kappa shape index (κ2) is 3.97. The Morgan fingerprint density at radius 3 is 2.41 bits per heavy atom. The van der Waals surface area contributed by atoms with Gasteiger partial charge in [0.1, 0.15) is 0 Å². The van der Waals surface area contributed by atoms with Crippen LogP contribution in [0.5, 0.6) is 0 Å². The number of likely N-dealkylation sites (N-methyl/N-ethyl adjacent to an activating group) is 2. The fraction of sp³-hybridized carbons (Fsp3) is 0.700. The van der Waals surface area contributed by atoms with Gasteiger partial charge in [-0.1, -0.05) is 0 Å². The van der Waals surface area contributed by atoms with Gasteiger partial charge in [0.25, 0.3) is 5.91 Å². The highest BCUT2D eigenvalue weighted by molar-refractivity contribution is 9.18. The molecule has 2 aliphatic rings. The molecule has 3 amide bonds. The van der Waals surface area contributed by atoms with E-state index in [1.807, 2.05) is 18.7 Å². The molecule has 6 nitrogen and oxygen atoms in total. The Morgan fingerprint density at radius 2 is 1.88 bits per heavy atom. The molecule has 0 aromatic heterocycles. The average molecular weight is 303 g/mol. The van der Waals surface area contributed by atoms with Crippen LogP contribution in [0.2, 0.25) is 0 Å². The zero-order valence-corrected chi connectivity index (χ0v) is 11.8. The normalized spacial score (nSPS) is 29.1. The maximum Gasteiger partial charge on any atom is 0.328 e. The van der Waals surface area contributed by atoms with Gasteiger partial charge in [-0.2, -0.15) is 0 Å². The summed E-state index contributed by atoms with van der Waals surface area (Å²) in [7, 11) is 3.17. The predicted octanol–water partition coefficient (Wildman–Crippen LogP) is 0.680. The van der Waals surface area contributed by atoms with Gasteiger partial charge in [-0.05, 0) is 29.8 Å². The number of rotatable bonds is 1. The molecule has 1 saturated heterocycles. The smallest absolute Gasteiger partial charge is 0.328 e. The second-order valence-corrected chi connectivity index (χ2v) is 5.26. The van der Waals surface area contributed by atoms with Crippen molar-refractivity contribution in [2.45, 2.75) is 32.1 Å². The van der Waals surface area contributed by atoms with Crippen LogP contribution in [0, 0.1) is 0 Å². The quantitative estimate of drug-likeness (QED) is 0.669. The van der Waals surface area contributed by atoms with Crippen LogP contribution in [0.1, 0.15) is 13.8 Å². The van der Waals surface area contributed by atoms with Crippen LogP contribution < -0.4 is 0 Å². The maximum atomic E-state index is 12.2. The lowest BCUT2D eigenvalue weighted by Gasteiger charge is -2.41. The summed E-state index contributed by atoms with van der Waals surface area (Å²) in [5.74, 6) is -0.204. The number of urea groups is 1. The van der Waals surface area contributed by atoms with E-state index < -0.39 is 12.2 Å². The van der Waals surface area contributed by atoms with Crippen molar-refractivity contribution >= 4 is 32.6 Å². The summed E-state index contributed by atoms with van der Waals surface area (Å²) in [5, 5.41) is 0. The molecule has 2 atom stereocenters. The van der Waals surface area contributed by atoms with E-state index in [0.29, 0.717) is 4.74 Å². The number of hydrogen-bond acceptors (Lipinski definition) is 4. The SMILES string of the molecule is CC(C)N1C(Br)=N[C@@H]2[C@H]1C(=O)N(C)C(=O)N2C. The lowest BCUT2D eigenvalue weighted by molar-refractivity contribution is -0.136. The van der Waals surface area contributed by atoms with E-state index in [9.17, 15) is 9.59 Å². The van der Waals surface area contributed by atoms with E-state index >= 15 is 0 Å². The minimum atomic E-state index is -0.428. The van der Waals surface area contributed by atoms with Crippen LogP contribution >= 0.6 is 15.9 Å². The van der Waals surface area contributed by atoms with E-state index in [-0.39, 0.29) is 18.0 Å². The zero-order valence-electron chi connectivity index (χ0n) is 10.2. The Morgan fingerprint density at radius 1 is 1.29 bits per heavy atom. The van der Waals surface area contributed by atoms with Crippen molar-refractivity contribution < 1.29 is 9.59 Å². The summed E-state index contributed by atoms with van der Waals surface area (Å²) in [5.41, 5.74) is 0. The standard InChI is InChI=1S/C10H15BrN4O2/c1-5(2)15-6-7(12-9(15)11)13(3)10(17)14(4)8(6)16/h5-7H,1-4H3/t6-,7-/m0/s1. The molecular weight excluding hydrogens is 288 g/mol. The molecule has 0 radical (unpaired) electrons. The average Bonchev–Trinajstić information content (AvgIpc) is 2.61. The molecule has 0 aromatic rings. The highest BCUT2D eigenvalue weighted by Gasteiger charge is 2.51. The molecule has 2 aliphatic heterocycles. The summed E-state index contributed by atoms with van der Waals surface area (Å²) >= 11 is 3.36. The molecule has 2 rings (SSSR count). The molecule has 0 bridgehead atoms. The highest BCUT2D eigenvalue weighted by Crippen LogP contribution is 2.30. The molecule has 0 unspecified atom stereocenters. The molecule has 0 spiro atoms. The van der Waals surface area contributed by atoms with Crippen LogP contribution in [-0.2, 0) is 4.79 Å². The summed E-state index contributed by atoms with van der Waals surface area (Å²) < 4.78 is 0.630. The topological polar surface area (TPSA) is 56.2 Å². The first-order valence-corrected chi connectivity index (χ1v) is 6.21. The summed E-state index contributed by atoms with van der Waals surface area (Å²) in [6, 6.07) is -0.593. The molecule has 1 fully saturated rings. The first-order valence-electron chi connectivity index (χ1n) is 5.42. The number of carbonyl (C=O) groups excluding carboxylic acids is 2. The third kappa shape index (κ3) is 1.64. The molecule has 0 N–H and O–H groups in total. The van der Waals surface area contributed by atoms with E-state index in [2.05, 4.69) is 20.9 Å². The zero-order chi connectivity index (χ0) is 12.9. The number of carbonyl (C=O) groups is 2. The minimum Gasteiger partial charge on any atom is -0.333 e. The Hall–Kier alpha value is -1.11. The van der Waals surface area contributed by atoms with Crippen molar-refractivity contribution in [3.63, 3.8) is 0 Å². The third-order valence-electron chi connectivity index (χ3n) is 3.16. The number of nitrogens with zero attached hydrogens (tertiary/aromatic N) is 4. The van der Waals surface area contributed by atoms with Crippen molar-refractivity contribution in [2.75, 3.05) is 14.1 Å². The van der Waals surface area contributed by atoms with Gasteiger partial charge in [-0.15, -0.1) is 0 Å². The second-order valence-electron chi connectivity index (χ2n) is 4.55. The molecule has 94 valence electrons. The predicted molar refractivity (Wildman–Crippen MR) is 66.8 cm³/mol. The third-order valence-corrected chi connectivity index (χ3v) is 3.77. The first-order chi connectivity index (χ1) is 7.86. The van der Waals surface area contributed by atoms with Gasteiger partial charge in [-0.25, -0.2) is 9.79 Å². The highest BCUT2D eigenvalue weighted by atomic mass is 79.9. The lowest BCUT2D eigenvalue weighted by Crippen LogP contribution is -2.64. The number of hydrogen-bond donors (Lipinski definition) is 0. The number of halogens is 1. The minimum absolute atomic E-state index is 0.141. The van der Waals surface area contributed by atoms with Crippen molar-refractivity contribution in [1.82, 2.24) is 14.7 Å². The van der Waals surface area contributed by atoms with Crippen molar-refractivity contribution in [1.29, 1.82) is 0 Å². The van der Waals surface area contributed by atoms with E-state index in [4.69, 9.17) is 0 Å². The van der Waals surface area contributed by atoms with E-state index in [0.717, 1.165) is 4.90 Å². The Labute approximate surface area is 108 Å². The number of imide groups is 1. The Bertz CT molecular complexity index is 409. The molecule has 0 aromatic carbocycles. The molecule has 2 heterocycles. The van der Waals surface area contributed by atoms with Crippen LogP contribution in [0.3, 0.4) is 0 Å². The first kappa shape index (κ1) is 12.3. The number of aliphatic imine (C=N–C) groups is 1. The van der Waals surface area contributed by atoms with Gasteiger partial charge in [-0.3, -0.25) is 9.69 Å². The molecule has 0 saturated carbocycles. The van der Waals surface area contributed by atoms with Crippen molar-refractivity contribution in [2.24, 2.45) is 4.99 Å². The number of amides is 3. The van der Waals surface area contributed by atoms with Crippen LogP contribution in [0.4, 0.5) is 4.79 Å². The van der Waals surface area contributed by atoms with Gasteiger partial charge in [0.15, 0.2) is 17.0 Å². The lowest BCUT2D eigenvalue weighted by atomic mass is 10.1. The van der Waals surface area contributed by atoms with Crippen molar-refractivity contribution in [3.8, 4) is 0 Å². The van der Waals surface area contributed by atoms with Gasteiger partial charge < -0.3 is 9.80 Å². The largest absolute Gasteiger partial charge is 0.333 e.